The minimum absolute atomic E-state index is 0.148. The number of hydrogen-bond donors (Lipinski definition) is 1. The third-order valence-corrected chi connectivity index (χ3v) is 4.75. The van der Waals surface area contributed by atoms with E-state index < -0.39 is 11.9 Å². The van der Waals surface area contributed by atoms with Gasteiger partial charge < -0.3 is 10.2 Å². The molecule has 1 aliphatic heterocycles. The molecule has 1 heterocycles. The zero-order valence-electron chi connectivity index (χ0n) is 15.6. The molecule has 0 bridgehead atoms. The maximum absolute atomic E-state index is 14.1. The Hall–Kier alpha value is -2.73. The maximum Gasteiger partial charge on any atom is 0.242 e. The average Bonchev–Trinajstić information content (AvgIpc) is 3.08. The molecule has 1 fully saturated rings. The van der Waals surface area contributed by atoms with E-state index in [0.29, 0.717) is 18.5 Å². The van der Waals surface area contributed by atoms with Gasteiger partial charge in [-0.3, -0.25) is 14.5 Å². The van der Waals surface area contributed by atoms with Crippen LogP contribution in [-0.2, 0) is 16.1 Å². The van der Waals surface area contributed by atoms with Crippen LogP contribution in [0.1, 0.15) is 30.0 Å². The van der Waals surface area contributed by atoms with Gasteiger partial charge in [-0.2, -0.15) is 0 Å². The van der Waals surface area contributed by atoms with E-state index >= 15 is 0 Å². The Morgan fingerprint density at radius 2 is 1.89 bits per heavy atom. The molecule has 2 amide bonds. The second kappa shape index (κ2) is 8.31. The number of anilines is 1. The van der Waals surface area contributed by atoms with Gasteiger partial charge in [0.15, 0.2) is 0 Å². The molecule has 0 radical (unpaired) electrons. The quantitative estimate of drug-likeness (QED) is 0.852. The summed E-state index contributed by atoms with van der Waals surface area (Å²) in [6, 6.07) is 13.2. The molecule has 5 nitrogen and oxygen atoms in total. The molecule has 142 valence electrons. The van der Waals surface area contributed by atoms with E-state index in [9.17, 15) is 14.0 Å². The largest absolute Gasteiger partial charge is 0.350 e. The molecule has 0 saturated carbocycles. The highest BCUT2D eigenvalue weighted by atomic mass is 19.1. The Balaban J connectivity index is 1.65. The van der Waals surface area contributed by atoms with Crippen LogP contribution in [0, 0.1) is 5.82 Å². The van der Waals surface area contributed by atoms with E-state index in [1.54, 1.807) is 42.1 Å². The molecule has 6 heteroatoms. The smallest absolute Gasteiger partial charge is 0.242 e. The van der Waals surface area contributed by atoms with Crippen molar-refractivity contribution in [3.63, 3.8) is 0 Å². The normalized spacial score (nSPS) is 15.3. The summed E-state index contributed by atoms with van der Waals surface area (Å²) in [5.74, 6) is -0.510. The summed E-state index contributed by atoms with van der Waals surface area (Å²) >= 11 is 0. The molecule has 1 atom stereocenters. The zero-order valence-corrected chi connectivity index (χ0v) is 15.6. The molecule has 1 N–H and O–H groups in total. The number of benzene rings is 2. The van der Waals surface area contributed by atoms with Crippen molar-refractivity contribution in [3.05, 3.63) is 65.5 Å². The molecule has 3 rings (SSSR count). The van der Waals surface area contributed by atoms with E-state index in [1.165, 1.54) is 6.07 Å². The summed E-state index contributed by atoms with van der Waals surface area (Å²) in [6.45, 7) is 1.09. The molecule has 0 aliphatic carbocycles. The number of carbonyl (C=O) groups is 2. The predicted octanol–water partition coefficient (Wildman–Crippen LogP) is 2.87. The fourth-order valence-corrected chi connectivity index (χ4v) is 3.35. The molecular weight excluding hydrogens is 345 g/mol. The van der Waals surface area contributed by atoms with Gasteiger partial charge in [0.25, 0.3) is 0 Å². The van der Waals surface area contributed by atoms with Crippen LogP contribution >= 0.6 is 0 Å². The van der Waals surface area contributed by atoms with E-state index in [0.717, 1.165) is 24.2 Å². The van der Waals surface area contributed by atoms with Gasteiger partial charge in [0, 0.05) is 30.8 Å². The lowest BCUT2D eigenvalue weighted by molar-refractivity contribution is -0.126. The minimum atomic E-state index is -0.701. The number of hydrogen-bond acceptors (Lipinski definition) is 3. The molecule has 1 aliphatic rings. The molecular formula is C21H24FN3O2. The number of nitrogens with one attached hydrogen (secondary N) is 1. The standard InChI is InChI=1S/C21H24FN3O2/c1-24(2)20(17-6-3-4-7-18(17)22)21(27)23-14-15-9-11-16(12-10-15)25-13-5-8-19(25)26/h3-4,6-7,9-12,20H,5,8,13-14H2,1-2H3,(H,23,27)/t20-/m0/s1. The van der Waals surface area contributed by atoms with Crippen molar-refractivity contribution in [2.45, 2.75) is 25.4 Å². The molecule has 27 heavy (non-hydrogen) atoms. The summed E-state index contributed by atoms with van der Waals surface area (Å²) < 4.78 is 14.1. The first-order valence-electron chi connectivity index (χ1n) is 9.05. The number of rotatable bonds is 6. The fourth-order valence-electron chi connectivity index (χ4n) is 3.35. The van der Waals surface area contributed by atoms with Crippen molar-refractivity contribution < 1.29 is 14.0 Å². The highest BCUT2D eigenvalue weighted by Gasteiger charge is 2.25. The number of nitrogens with zero attached hydrogens (tertiary/aromatic N) is 2. The number of amides is 2. The van der Waals surface area contributed by atoms with Gasteiger partial charge in [-0.15, -0.1) is 0 Å². The monoisotopic (exact) mass is 369 g/mol. The van der Waals surface area contributed by atoms with Crippen molar-refractivity contribution in [2.75, 3.05) is 25.5 Å². The summed E-state index contributed by atoms with van der Waals surface area (Å²) in [5.41, 5.74) is 2.15. The van der Waals surface area contributed by atoms with Gasteiger partial charge in [0.1, 0.15) is 11.9 Å². The Bertz CT molecular complexity index is 820. The van der Waals surface area contributed by atoms with E-state index in [1.807, 2.05) is 24.3 Å². The maximum atomic E-state index is 14.1. The minimum Gasteiger partial charge on any atom is -0.350 e. The lowest BCUT2D eigenvalue weighted by Gasteiger charge is -2.24. The fraction of sp³-hybridized carbons (Fsp3) is 0.333. The zero-order chi connectivity index (χ0) is 19.4. The molecule has 0 aromatic heterocycles. The van der Waals surface area contributed by atoms with Crippen LogP contribution < -0.4 is 10.2 Å². The molecule has 0 spiro atoms. The van der Waals surface area contributed by atoms with Crippen molar-refractivity contribution in [2.24, 2.45) is 0 Å². The van der Waals surface area contributed by atoms with Crippen LogP contribution in [0.25, 0.3) is 0 Å². The van der Waals surface area contributed by atoms with Gasteiger partial charge in [0.05, 0.1) is 0 Å². The van der Waals surface area contributed by atoms with Crippen LogP contribution in [0.4, 0.5) is 10.1 Å². The molecule has 2 aromatic rings. The average molecular weight is 369 g/mol. The van der Waals surface area contributed by atoms with Crippen molar-refractivity contribution in [3.8, 4) is 0 Å². The number of halogens is 1. The van der Waals surface area contributed by atoms with Crippen molar-refractivity contribution >= 4 is 17.5 Å². The lowest BCUT2D eigenvalue weighted by Crippen LogP contribution is -2.37. The Morgan fingerprint density at radius 3 is 2.48 bits per heavy atom. The van der Waals surface area contributed by atoms with Crippen LogP contribution in [-0.4, -0.2) is 37.4 Å². The first-order chi connectivity index (χ1) is 13.0. The van der Waals surface area contributed by atoms with E-state index in [-0.39, 0.29) is 11.8 Å². The van der Waals surface area contributed by atoms with Gasteiger partial charge in [-0.25, -0.2) is 4.39 Å². The van der Waals surface area contributed by atoms with Crippen LogP contribution in [0.15, 0.2) is 48.5 Å². The summed E-state index contributed by atoms with van der Waals surface area (Å²) in [7, 11) is 3.50. The first kappa shape index (κ1) is 19.0. The van der Waals surface area contributed by atoms with Gasteiger partial charge in [0.2, 0.25) is 11.8 Å². The van der Waals surface area contributed by atoms with Gasteiger partial charge >= 0.3 is 0 Å². The first-order valence-corrected chi connectivity index (χ1v) is 9.05. The molecule has 0 unspecified atom stereocenters. The van der Waals surface area contributed by atoms with Crippen molar-refractivity contribution in [1.82, 2.24) is 10.2 Å². The van der Waals surface area contributed by atoms with Gasteiger partial charge in [-0.05, 0) is 44.3 Å². The molecule has 2 aromatic carbocycles. The Morgan fingerprint density at radius 1 is 1.19 bits per heavy atom. The molecule has 1 saturated heterocycles. The van der Waals surface area contributed by atoms with Gasteiger partial charge in [-0.1, -0.05) is 30.3 Å². The van der Waals surface area contributed by atoms with Crippen LogP contribution in [0.3, 0.4) is 0 Å². The number of likely N-dealkylation sites (N-methyl/N-ethyl adjacent to an activating group) is 1. The predicted molar refractivity (Wildman–Crippen MR) is 103 cm³/mol. The highest BCUT2D eigenvalue weighted by Crippen LogP contribution is 2.23. The Labute approximate surface area is 158 Å². The highest BCUT2D eigenvalue weighted by molar-refractivity contribution is 5.95. The lowest BCUT2D eigenvalue weighted by atomic mass is 10.0. The summed E-state index contributed by atoms with van der Waals surface area (Å²) in [5, 5.41) is 2.88. The topological polar surface area (TPSA) is 52.7 Å². The third kappa shape index (κ3) is 4.34. The second-order valence-electron chi connectivity index (χ2n) is 6.92. The van der Waals surface area contributed by atoms with Crippen LogP contribution in [0.5, 0.6) is 0 Å². The second-order valence-corrected chi connectivity index (χ2v) is 6.92. The summed E-state index contributed by atoms with van der Waals surface area (Å²) in [6.07, 6.45) is 1.48. The number of carbonyl (C=O) groups excluding carboxylic acids is 2. The SMILES string of the molecule is CN(C)[C@H](C(=O)NCc1ccc(N2CCCC2=O)cc1)c1ccccc1F. The third-order valence-electron chi connectivity index (χ3n) is 4.75. The van der Waals surface area contributed by atoms with Crippen LogP contribution in [0.2, 0.25) is 0 Å². The Kier molecular flexibility index (Phi) is 5.86. The van der Waals surface area contributed by atoms with Crippen molar-refractivity contribution in [1.29, 1.82) is 0 Å². The van der Waals surface area contributed by atoms with E-state index in [2.05, 4.69) is 5.32 Å². The summed E-state index contributed by atoms with van der Waals surface area (Å²) in [4.78, 5) is 27.9. The van der Waals surface area contributed by atoms with E-state index in [4.69, 9.17) is 0 Å².